The summed E-state index contributed by atoms with van der Waals surface area (Å²) in [7, 11) is 0. The van der Waals surface area contributed by atoms with Gasteiger partial charge < -0.3 is 4.74 Å². The van der Waals surface area contributed by atoms with Gasteiger partial charge in [0.2, 0.25) is 5.90 Å². The van der Waals surface area contributed by atoms with E-state index in [1.54, 1.807) is 19.9 Å². The van der Waals surface area contributed by atoms with E-state index in [1.165, 1.54) is 0 Å². The number of hydrogen-bond acceptors (Lipinski definition) is 2. The van der Waals surface area contributed by atoms with Gasteiger partial charge in [0.15, 0.2) is 0 Å². The second-order valence-corrected chi connectivity index (χ2v) is 5.46. The van der Waals surface area contributed by atoms with Gasteiger partial charge in [-0.1, -0.05) is 40.9 Å². The summed E-state index contributed by atoms with van der Waals surface area (Å²) in [6.45, 7) is 7.15. The monoisotopic (exact) mass is 243 g/mol. The van der Waals surface area contributed by atoms with Gasteiger partial charge in [-0.2, -0.15) is 0 Å². The first-order valence-electron chi connectivity index (χ1n) is 3.65. The quantitative estimate of drug-likeness (QED) is 0.349. The molecule has 5 heteroatoms. The standard InChI is InChI=1S/C8H12Cl3NO/c1-4-5-7(2,3)13-6(12)8(9,10)11/h4,12H,1,5H2,2-3H3. The van der Waals surface area contributed by atoms with Gasteiger partial charge >= 0.3 is 0 Å². The summed E-state index contributed by atoms with van der Waals surface area (Å²) in [6, 6.07) is 0. The number of nitrogens with one attached hydrogen (secondary N) is 1. The van der Waals surface area contributed by atoms with Crippen LogP contribution in [0, 0.1) is 5.41 Å². The Morgan fingerprint density at radius 1 is 1.46 bits per heavy atom. The lowest BCUT2D eigenvalue weighted by molar-refractivity contribution is 0.0946. The highest BCUT2D eigenvalue weighted by atomic mass is 35.6. The summed E-state index contributed by atoms with van der Waals surface area (Å²) in [6.07, 6.45) is 2.27. The molecule has 0 unspecified atom stereocenters. The third-order valence-corrected chi connectivity index (χ3v) is 1.79. The zero-order valence-electron chi connectivity index (χ0n) is 7.53. The van der Waals surface area contributed by atoms with Gasteiger partial charge in [0.1, 0.15) is 5.60 Å². The Kier molecular flexibility index (Phi) is 4.56. The molecule has 0 atom stereocenters. The van der Waals surface area contributed by atoms with Crippen molar-refractivity contribution in [3.63, 3.8) is 0 Å². The smallest absolute Gasteiger partial charge is 0.265 e. The molecule has 0 saturated carbocycles. The minimum Gasteiger partial charge on any atom is -0.472 e. The van der Waals surface area contributed by atoms with Gasteiger partial charge in [0.25, 0.3) is 3.79 Å². The fraction of sp³-hybridized carbons (Fsp3) is 0.625. The third kappa shape index (κ3) is 5.40. The first-order valence-corrected chi connectivity index (χ1v) is 4.78. The van der Waals surface area contributed by atoms with E-state index in [9.17, 15) is 0 Å². The maximum atomic E-state index is 7.32. The Balaban J connectivity index is 4.28. The zero-order valence-corrected chi connectivity index (χ0v) is 9.80. The van der Waals surface area contributed by atoms with Crippen molar-refractivity contribution in [3.8, 4) is 0 Å². The first kappa shape index (κ1) is 13.1. The maximum Gasteiger partial charge on any atom is 0.265 e. The second kappa shape index (κ2) is 4.54. The van der Waals surface area contributed by atoms with Crippen molar-refractivity contribution < 1.29 is 4.74 Å². The summed E-state index contributed by atoms with van der Waals surface area (Å²) in [5.74, 6) is -0.371. The molecule has 0 fully saturated rings. The van der Waals surface area contributed by atoms with Crippen LogP contribution in [0.2, 0.25) is 0 Å². The molecule has 0 radical (unpaired) electrons. The molecule has 76 valence electrons. The van der Waals surface area contributed by atoms with Crippen molar-refractivity contribution >= 4 is 40.7 Å². The number of halogens is 3. The maximum absolute atomic E-state index is 7.32. The Morgan fingerprint density at radius 2 is 1.92 bits per heavy atom. The SMILES string of the molecule is C=CCC(C)(C)OC(=N)C(Cl)(Cl)Cl. The van der Waals surface area contributed by atoms with Crippen molar-refractivity contribution in [1.82, 2.24) is 0 Å². The fourth-order valence-electron chi connectivity index (χ4n) is 0.723. The van der Waals surface area contributed by atoms with Gasteiger partial charge in [-0.05, 0) is 13.8 Å². The minimum atomic E-state index is -1.79. The van der Waals surface area contributed by atoms with Gasteiger partial charge in [-0.15, -0.1) is 6.58 Å². The molecule has 0 bridgehead atoms. The molecule has 0 aliphatic rings. The van der Waals surface area contributed by atoms with Crippen LogP contribution >= 0.6 is 34.8 Å². The van der Waals surface area contributed by atoms with Gasteiger partial charge in [-0.25, -0.2) is 0 Å². The van der Waals surface area contributed by atoms with Crippen LogP contribution in [0.4, 0.5) is 0 Å². The van der Waals surface area contributed by atoms with Gasteiger partial charge in [0, 0.05) is 6.42 Å². The molecule has 0 aliphatic heterocycles. The van der Waals surface area contributed by atoms with Crippen molar-refractivity contribution in [2.75, 3.05) is 0 Å². The molecule has 0 amide bonds. The van der Waals surface area contributed by atoms with Crippen molar-refractivity contribution in [2.24, 2.45) is 0 Å². The molecule has 0 rings (SSSR count). The highest BCUT2D eigenvalue weighted by Crippen LogP contribution is 2.30. The van der Waals surface area contributed by atoms with E-state index in [1.807, 2.05) is 0 Å². The number of ether oxygens (including phenoxy) is 1. The molecule has 13 heavy (non-hydrogen) atoms. The van der Waals surface area contributed by atoms with Gasteiger partial charge in [0.05, 0.1) is 0 Å². The van der Waals surface area contributed by atoms with E-state index in [2.05, 4.69) is 6.58 Å². The molecule has 0 aromatic carbocycles. The van der Waals surface area contributed by atoms with Crippen molar-refractivity contribution in [3.05, 3.63) is 12.7 Å². The van der Waals surface area contributed by atoms with Crippen LogP contribution < -0.4 is 0 Å². The summed E-state index contributed by atoms with van der Waals surface area (Å²) in [5.41, 5.74) is -0.567. The summed E-state index contributed by atoms with van der Waals surface area (Å²) < 4.78 is 3.37. The highest BCUT2D eigenvalue weighted by Gasteiger charge is 2.32. The largest absolute Gasteiger partial charge is 0.472 e. The highest BCUT2D eigenvalue weighted by molar-refractivity contribution is 6.76. The lowest BCUT2D eigenvalue weighted by atomic mass is 10.1. The Labute approximate surface area is 93.3 Å². The number of hydrogen-bond donors (Lipinski definition) is 1. The van der Waals surface area contributed by atoms with E-state index in [4.69, 9.17) is 44.9 Å². The molecule has 2 nitrogen and oxygen atoms in total. The second-order valence-electron chi connectivity index (χ2n) is 3.18. The third-order valence-electron chi connectivity index (χ3n) is 1.27. The molecule has 0 saturated heterocycles. The zero-order chi connectivity index (χ0) is 10.7. The molecular formula is C8H12Cl3NO. The number of alkyl halides is 3. The van der Waals surface area contributed by atoms with E-state index < -0.39 is 9.39 Å². The molecule has 0 aromatic rings. The van der Waals surface area contributed by atoms with Crippen LogP contribution in [-0.2, 0) is 4.74 Å². The molecule has 0 spiro atoms. The predicted octanol–water partition coefficient (Wildman–Crippen LogP) is 3.71. The van der Waals surface area contributed by atoms with Crippen LogP contribution in [0.25, 0.3) is 0 Å². The van der Waals surface area contributed by atoms with Crippen LogP contribution in [-0.4, -0.2) is 15.3 Å². The Morgan fingerprint density at radius 3 is 2.23 bits per heavy atom. The lowest BCUT2D eigenvalue weighted by Crippen LogP contribution is -2.33. The van der Waals surface area contributed by atoms with E-state index >= 15 is 0 Å². The lowest BCUT2D eigenvalue weighted by Gasteiger charge is -2.27. The van der Waals surface area contributed by atoms with E-state index in [-0.39, 0.29) is 5.90 Å². The molecular weight excluding hydrogens is 232 g/mol. The summed E-state index contributed by atoms with van der Waals surface area (Å²) in [4.78, 5) is 0. The molecule has 0 aromatic heterocycles. The predicted molar refractivity (Wildman–Crippen MR) is 58.0 cm³/mol. The fourth-order valence-corrected chi connectivity index (χ4v) is 0.839. The normalized spacial score (nSPS) is 12.4. The Hall–Kier alpha value is 0.0800. The average molecular weight is 245 g/mol. The number of rotatable bonds is 3. The summed E-state index contributed by atoms with van der Waals surface area (Å²) >= 11 is 16.3. The van der Waals surface area contributed by atoms with Crippen LogP contribution in [0.15, 0.2) is 12.7 Å². The minimum absolute atomic E-state index is 0.371. The average Bonchev–Trinajstić information content (AvgIpc) is 1.83. The van der Waals surface area contributed by atoms with Crippen molar-refractivity contribution in [2.45, 2.75) is 29.7 Å². The van der Waals surface area contributed by atoms with Gasteiger partial charge in [-0.3, -0.25) is 5.41 Å². The molecule has 1 N–H and O–H groups in total. The van der Waals surface area contributed by atoms with Crippen LogP contribution in [0.3, 0.4) is 0 Å². The van der Waals surface area contributed by atoms with Crippen molar-refractivity contribution in [1.29, 1.82) is 5.41 Å². The van der Waals surface area contributed by atoms with E-state index in [0.717, 1.165) is 0 Å². The molecule has 0 aliphatic carbocycles. The van der Waals surface area contributed by atoms with E-state index in [0.29, 0.717) is 6.42 Å². The summed E-state index contributed by atoms with van der Waals surface area (Å²) in [5, 5.41) is 7.32. The van der Waals surface area contributed by atoms with Crippen LogP contribution in [0.5, 0.6) is 0 Å². The molecule has 0 heterocycles. The topological polar surface area (TPSA) is 33.1 Å². The van der Waals surface area contributed by atoms with Crippen LogP contribution in [0.1, 0.15) is 20.3 Å². The Bertz CT molecular complexity index is 208. The first-order chi connectivity index (χ1) is 5.69.